The molecule has 3 rings (SSSR count). The summed E-state index contributed by atoms with van der Waals surface area (Å²) in [5.74, 6) is 0.00620. The van der Waals surface area contributed by atoms with Crippen molar-refractivity contribution in [3.63, 3.8) is 0 Å². The minimum atomic E-state index is -4.45. The molecule has 0 aliphatic carbocycles. The highest BCUT2D eigenvalue weighted by atomic mass is 19.4. The van der Waals surface area contributed by atoms with Gasteiger partial charge in [0.2, 0.25) is 5.96 Å². The number of hydrogen-bond acceptors (Lipinski definition) is 4. The summed E-state index contributed by atoms with van der Waals surface area (Å²) in [6, 6.07) is 0. The molecule has 0 bridgehead atoms. The van der Waals surface area contributed by atoms with E-state index in [1.54, 1.807) is 6.08 Å². The van der Waals surface area contributed by atoms with Gasteiger partial charge in [-0.2, -0.15) is 13.2 Å². The van der Waals surface area contributed by atoms with Crippen molar-refractivity contribution < 1.29 is 13.2 Å². The van der Waals surface area contributed by atoms with Crippen LogP contribution in [0.15, 0.2) is 50.7 Å². The van der Waals surface area contributed by atoms with E-state index in [0.717, 1.165) is 12.4 Å². The van der Waals surface area contributed by atoms with E-state index in [2.05, 4.69) is 15.0 Å². The number of amidine groups is 1. The molecule has 0 spiro atoms. The smallest absolute Gasteiger partial charge is 0.262 e. The standard InChI is InChI=1S/C10H5F3N4/c11-10(12,13)7-2-1-6-3-4-14-9-16-5-15-8(7)17(6)9/h1-5H. The number of aliphatic imine (C=N–C) groups is 3. The molecule has 0 fully saturated rings. The molecular formula is C10H5F3N4. The van der Waals surface area contributed by atoms with Crippen LogP contribution >= 0.6 is 0 Å². The minimum Gasteiger partial charge on any atom is -0.262 e. The Morgan fingerprint density at radius 2 is 1.94 bits per heavy atom. The summed E-state index contributed by atoms with van der Waals surface area (Å²) in [6.45, 7) is 0. The van der Waals surface area contributed by atoms with E-state index in [-0.39, 0.29) is 11.8 Å². The molecule has 0 amide bonds. The summed E-state index contributed by atoms with van der Waals surface area (Å²) < 4.78 is 38.3. The Morgan fingerprint density at radius 3 is 2.71 bits per heavy atom. The Labute approximate surface area is 93.9 Å². The number of nitrogens with zero attached hydrogens (tertiary/aromatic N) is 4. The largest absolute Gasteiger partial charge is 0.419 e. The van der Waals surface area contributed by atoms with Gasteiger partial charge in [0.05, 0.1) is 11.3 Å². The van der Waals surface area contributed by atoms with Crippen molar-refractivity contribution in [2.75, 3.05) is 0 Å². The minimum absolute atomic E-state index is 0.187. The van der Waals surface area contributed by atoms with Gasteiger partial charge in [-0.25, -0.2) is 15.0 Å². The normalized spacial score (nSPS) is 21.5. The number of allylic oxidation sites excluding steroid dienone is 3. The Balaban J connectivity index is 2.19. The summed E-state index contributed by atoms with van der Waals surface area (Å²) in [5.41, 5.74) is -0.228. The van der Waals surface area contributed by atoms with Crippen LogP contribution in [0, 0.1) is 0 Å². The fraction of sp³-hybridized carbons (Fsp3) is 0.100. The fourth-order valence-corrected chi connectivity index (χ4v) is 1.71. The van der Waals surface area contributed by atoms with E-state index < -0.39 is 11.7 Å². The monoisotopic (exact) mass is 238 g/mol. The van der Waals surface area contributed by atoms with E-state index in [1.807, 2.05) is 0 Å². The first-order valence-electron chi connectivity index (χ1n) is 4.72. The van der Waals surface area contributed by atoms with Crippen LogP contribution in [0.5, 0.6) is 0 Å². The zero-order chi connectivity index (χ0) is 12.0. The van der Waals surface area contributed by atoms with Crippen LogP contribution < -0.4 is 0 Å². The highest BCUT2D eigenvalue weighted by Gasteiger charge is 2.42. The average molecular weight is 238 g/mol. The van der Waals surface area contributed by atoms with Crippen molar-refractivity contribution in [1.82, 2.24) is 4.90 Å². The maximum atomic E-state index is 12.8. The second-order valence-electron chi connectivity index (χ2n) is 3.45. The van der Waals surface area contributed by atoms with Gasteiger partial charge in [-0.3, -0.25) is 4.90 Å². The van der Waals surface area contributed by atoms with Crippen molar-refractivity contribution in [1.29, 1.82) is 0 Å². The van der Waals surface area contributed by atoms with E-state index in [4.69, 9.17) is 0 Å². The third-order valence-electron chi connectivity index (χ3n) is 2.43. The number of rotatable bonds is 0. The van der Waals surface area contributed by atoms with Crippen molar-refractivity contribution in [3.05, 3.63) is 35.7 Å². The Bertz CT molecular complexity index is 561. The van der Waals surface area contributed by atoms with Gasteiger partial charge >= 0.3 is 6.18 Å². The maximum absolute atomic E-state index is 12.8. The first kappa shape index (κ1) is 10.0. The topological polar surface area (TPSA) is 40.3 Å². The van der Waals surface area contributed by atoms with E-state index in [9.17, 15) is 13.2 Å². The van der Waals surface area contributed by atoms with Gasteiger partial charge in [0.1, 0.15) is 6.34 Å². The van der Waals surface area contributed by atoms with Gasteiger partial charge in [0.25, 0.3) is 0 Å². The molecule has 0 N–H and O–H groups in total. The van der Waals surface area contributed by atoms with Crippen LogP contribution in [0.2, 0.25) is 0 Å². The molecule has 7 heteroatoms. The predicted molar refractivity (Wildman–Crippen MR) is 56.6 cm³/mol. The van der Waals surface area contributed by atoms with Gasteiger partial charge in [0.15, 0.2) is 5.84 Å². The molecule has 0 saturated carbocycles. The van der Waals surface area contributed by atoms with E-state index in [1.165, 1.54) is 17.2 Å². The van der Waals surface area contributed by atoms with Crippen LogP contribution in [0.3, 0.4) is 0 Å². The molecule has 4 nitrogen and oxygen atoms in total. The molecule has 0 atom stereocenters. The molecule has 17 heavy (non-hydrogen) atoms. The lowest BCUT2D eigenvalue weighted by molar-refractivity contribution is -0.0867. The van der Waals surface area contributed by atoms with Crippen LogP contribution in [0.25, 0.3) is 0 Å². The summed E-state index contributed by atoms with van der Waals surface area (Å²) in [6.07, 6.45) is 2.10. The Kier molecular flexibility index (Phi) is 1.86. The van der Waals surface area contributed by atoms with Crippen LogP contribution in [-0.2, 0) is 0 Å². The zero-order valence-electron chi connectivity index (χ0n) is 8.31. The first-order chi connectivity index (χ1) is 8.07. The summed E-state index contributed by atoms with van der Waals surface area (Å²) in [4.78, 5) is 12.7. The molecule has 86 valence electrons. The average Bonchev–Trinajstić information content (AvgIpc) is 2.28. The fourth-order valence-electron chi connectivity index (χ4n) is 1.71. The van der Waals surface area contributed by atoms with Crippen LogP contribution in [0.4, 0.5) is 13.2 Å². The van der Waals surface area contributed by atoms with Crippen molar-refractivity contribution in [2.24, 2.45) is 15.0 Å². The number of halogens is 3. The quantitative estimate of drug-likeness (QED) is 0.636. The third kappa shape index (κ3) is 1.42. The molecule has 3 heterocycles. The van der Waals surface area contributed by atoms with Crippen molar-refractivity contribution in [2.45, 2.75) is 6.18 Å². The van der Waals surface area contributed by atoms with Crippen molar-refractivity contribution >= 4 is 18.1 Å². The van der Waals surface area contributed by atoms with Crippen LogP contribution in [0.1, 0.15) is 0 Å². The lowest BCUT2D eigenvalue weighted by atomic mass is 10.1. The predicted octanol–water partition coefficient (Wildman–Crippen LogP) is 2.00. The van der Waals surface area contributed by atoms with Gasteiger partial charge in [-0.1, -0.05) is 0 Å². The van der Waals surface area contributed by atoms with Gasteiger partial charge in [0, 0.05) is 6.20 Å². The number of alkyl halides is 3. The molecule has 0 aromatic heterocycles. The SMILES string of the molecule is FC(F)(F)C1=CC=C2C=CN=C3N=CN=C1N23. The summed E-state index contributed by atoms with van der Waals surface area (Å²) in [5, 5.41) is 0. The van der Waals surface area contributed by atoms with Gasteiger partial charge in [-0.05, 0) is 18.2 Å². The van der Waals surface area contributed by atoms with Crippen molar-refractivity contribution in [3.8, 4) is 0 Å². The highest BCUT2D eigenvalue weighted by molar-refractivity contribution is 6.18. The first-order valence-corrected chi connectivity index (χ1v) is 4.72. The lowest BCUT2D eigenvalue weighted by Gasteiger charge is -2.32. The summed E-state index contributed by atoms with van der Waals surface area (Å²) >= 11 is 0. The Hall–Kier alpha value is -2.18. The molecule has 0 radical (unpaired) electrons. The lowest BCUT2D eigenvalue weighted by Crippen LogP contribution is -2.43. The second-order valence-corrected chi connectivity index (χ2v) is 3.45. The third-order valence-corrected chi connectivity index (χ3v) is 2.43. The molecular weight excluding hydrogens is 233 g/mol. The molecule has 0 aromatic rings. The molecule has 0 aromatic carbocycles. The van der Waals surface area contributed by atoms with E-state index >= 15 is 0 Å². The number of guanidine groups is 1. The molecule has 0 unspecified atom stereocenters. The van der Waals surface area contributed by atoms with Crippen LogP contribution in [-0.4, -0.2) is 29.2 Å². The maximum Gasteiger partial charge on any atom is 0.419 e. The van der Waals surface area contributed by atoms with E-state index in [0.29, 0.717) is 5.70 Å². The number of hydrogen-bond donors (Lipinski definition) is 0. The molecule has 0 saturated heterocycles. The van der Waals surface area contributed by atoms with Gasteiger partial charge in [-0.15, -0.1) is 0 Å². The highest BCUT2D eigenvalue weighted by Crippen LogP contribution is 2.33. The molecule has 3 aliphatic heterocycles. The second kappa shape index (κ2) is 3.16. The zero-order valence-corrected chi connectivity index (χ0v) is 8.31. The summed E-state index contributed by atoms with van der Waals surface area (Å²) in [7, 11) is 0. The Morgan fingerprint density at radius 1 is 1.12 bits per heavy atom. The van der Waals surface area contributed by atoms with Gasteiger partial charge < -0.3 is 0 Å². The molecule has 3 aliphatic rings.